The number of hydrogen-bond donors (Lipinski definition) is 1. The summed E-state index contributed by atoms with van der Waals surface area (Å²) in [6.07, 6.45) is -0.470. The second kappa shape index (κ2) is 7.25. The zero-order valence-electron chi connectivity index (χ0n) is 14.7. The average Bonchev–Trinajstić information content (AvgIpc) is 2.35. The highest BCUT2D eigenvalue weighted by Gasteiger charge is 2.31. The van der Waals surface area contributed by atoms with Gasteiger partial charge in [0, 0.05) is 12.3 Å². The van der Waals surface area contributed by atoms with Crippen LogP contribution < -0.4 is 5.56 Å². The van der Waals surface area contributed by atoms with E-state index in [0.717, 1.165) is 4.90 Å². The van der Waals surface area contributed by atoms with Crippen LogP contribution in [0, 0.1) is 0 Å². The highest BCUT2D eigenvalue weighted by molar-refractivity contribution is 6.31. The van der Waals surface area contributed by atoms with E-state index in [1.807, 2.05) is 0 Å². The van der Waals surface area contributed by atoms with Gasteiger partial charge in [-0.25, -0.2) is 14.5 Å². The monoisotopic (exact) mass is 358 g/mol. The van der Waals surface area contributed by atoms with Crippen molar-refractivity contribution in [2.75, 3.05) is 0 Å². The molecule has 7 nitrogen and oxygen atoms in total. The molecular formula is C16H23ClN2O5. The Kier molecular flexibility index (Phi) is 6.05. The maximum atomic E-state index is 12.4. The highest BCUT2D eigenvalue weighted by Crippen LogP contribution is 2.19. The molecule has 0 aliphatic carbocycles. The van der Waals surface area contributed by atoms with E-state index in [4.69, 9.17) is 21.1 Å². The van der Waals surface area contributed by atoms with E-state index in [1.165, 1.54) is 12.3 Å². The molecule has 0 aromatic carbocycles. The first-order chi connectivity index (χ1) is 10.8. The van der Waals surface area contributed by atoms with Gasteiger partial charge in [-0.15, -0.1) is 0 Å². The van der Waals surface area contributed by atoms with Gasteiger partial charge in [0.1, 0.15) is 11.2 Å². The van der Waals surface area contributed by atoms with Crippen LogP contribution in [-0.4, -0.2) is 33.3 Å². The van der Waals surface area contributed by atoms with Crippen molar-refractivity contribution in [1.29, 1.82) is 0 Å². The van der Waals surface area contributed by atoms with Crippen LogP contribution in [0.5, 0.6) is 0 Å². The lowest BCUT2D eigenvalue weighted by molar-refractivity contribution is -0.000245. The summed E-state index contributed by atoms with van der Waals surface area (Å²) < 4.78 is 10.5. The molecule has 2 amide bonds. The molecule has 1 aromatic heterocycles. The van der Waals surface area contributed by atoms with E-state index >= 15 is 0 Å². The Morgan fingerprint density at radius 2 is 1.54 bits per heavy atom. The number of aromatic amines is 1. The number of H-pyrrole nitrogens is 1. The van der Waals surface area contributed by atoms with Crippen molar-refractivity contribution in [1.82, 2.24) is 9.88 Å². The van der Waals surface area contributed by atoms with E-state index < -0.39 is 28.9 Å². The van der Waals surface area contributed by atoms with Crippen LogP contribution in [0.2, 0.25) is 5.02 Å². The minimum absolute atomic E-state index is 0.215. The van der Waals surface area contributed by atoms with Gasteiger partial charge in [0.25, 0.3) is 0 Å². The van der Waals surface area contributed by atoms with Gasteiger partial charge in [-0.05, 0) is 47.1 Å². The lowest BCUT2D eigenvalue weighted by Crippen LogP contribution is -2.43. The summed E-state index contributed by atoms with van der Waals surface area (Å²) in [6.45, 7) is 9.83. The van der Waals surface area contributed by atoms with Crippen LogP contribution in [0.1, 0.15) is 47.1 Å². The number of rotatable bonds is 2. The quantitative estimate of drug-likeness (QED) is 0.870. The molecule has 8 heteroatoms. The lowest BCUT2D eigenvalue weighted by atomic mass is 10.2. The van der Waals surface area contributed by atoms with Crippen molar-refractivity contribution in [2.24, 2.45) is 0 Å². The average molecular weight is 359 g/mol. The van der Waals surface area contributed by atoms with Crippen LogP contribution in [-0.2, 0) is 16.0 Å². The molecular weight excluding hydrogens is 336 g/mol. The summed E-state index contributed by atoms with van der Waals surface area (Å²) in [5.41, 5.74) is -1.69. The first-order valence-electron chi connectivity index (χ1n) is 7.39. The molecule has 0 saturated carbocycles. The van der Waals surface area contributed by atoms with Gasteiger partial charge in [-0.2, -0.15) is 0 Å². The molecule has 1 heterocycles. The first-order valence-corrected chi connectivity index (χ1v) is 7.77. The van der Waals surface area contributed by atoms with Crippen molar-refractivity contribution in [3.63, 3.8) is 0 Å². The summed E-state index contributed by atoms with van der Waals surface area (Å²) in [5, 5.41) is 0.215. The molecule has 1 N–H and O–H groups in total. The van der Waals surface area contributed by atoms with Crippen molar-refractivity contribution in [2.45, 2.75) is 59.3 Å². The van der Waals surface area contributed by atoms with E-state index in [0.29, 0.717) is 5.56 Å². The molecule has 0 spiro atoms. The van der Waals surface area contributed by atoms with Gasteiger partial charge in [0.15, 0.2) is 0 Å². The zero-order chi connectivity index (χ0) is 18.7. The predicted molar refractivity (Wildman–Crippen MR) is 90.1 cm³/mol. The second-order valence-electron chi connectivity index (χ2n) is 7.22. The Hall–Kier alpha value is -2.02. The topological polar surface area (TPSA) is 88.7 Å². The molecule has 1 rings (SSSR count). The van der Waals surface area contributed by atoms with E-state index in [1.54, 1.807) is 41.5 Å². The molecule has 134 valence electrons. The van der Waals surface area contributed by atoms with Crippen LogP contribution in [0.3, 0.4) is 0 Å². The fraction of sp³-hybridized carbons (Fsp3) is 0.562. The van der Waals surface area contributed by atoms with E-state index in [-0.39, 0.29) is 11.6 Å². The maximum absolute atomic E-state index is 12.4. The highest BCUT2D eigenvalue weighted by atomic mass is 35.5. The zero-order valence-corrected chi connectivity index (χ0v) is 15.5. The third-order valence-electron chi connectivity index (χ3n) is 2.51. The number of pyridine rings is 1. The van der Waals surface area contributed by atoms with Gasteiger partial charge in [-0.1, -0.05) is 11.6 Å². The number of nitrogens with zero attached hydrogens (tertiary/aromatic N) is 1. The second-order valence-corrected chi connectivity index (χ2v) is 7.62. The van der Waals surface area contributed by atoms with Crippen LogP contribution >= 0.6 is 11.6 Å². The van der Waals surface area contributed by atoms with E-state index in [9.17, 15) is 14.4 Å². The van der Waals surface area contributed by atoms with Gasteiger partial charge in [-0.3, -0.25) is 4.79 Å². The molecule has 0 saturated heterocycles. The summed E-state index contributed by atoms with van der Waals surface area (Å²) in [7, 11) is 0. The standard InChI is InChI=1S/C16H23ClN2O5/c1-15(2,3)23-13(21)19(14(22)24-16(4,5)6)9-10-7-12(20)18-8-11(10)17/h7-8H,9H2,1-6H3,(H,18,20). The number of hydrogen-bond acceptors (Lipinski definition) is 5. The fourth-order valence-corrected chi connectivity index (χ4v) is 1.79. The number of halogens is 1. The number of imide groups is 1. The largest absolute Gasteiger partial charge is 0.443 e. The Balaban J connectivity index is 3.13. The first kappa shape index (κ1) is 20.0. The van der Waals surface area contributed by atoms with Crippen molar-refractivity contribution >= 4 is 23.8 Å². The normalized spacial score (nSPS) is 11.8. The third-order valence-corrected chi connectivity index (χ3v) is 2.86. The number of carbonyl (C=O) groups is 2. The van der Waals surface area contributed by atoms with Crippen molar-refractivity contribution in [3.8, 4) is 0 Å². The molecule has 0 atom stereocenters. The molecule has 0 aliphatic heterocycles. The maximum Gasteiger partial charge on any atom is 0.420 e. The number of aromatic nitrogens is 1. The van der Waals surface area contributed by atoms with Gasteiger partial charge >= 0.3 is 12.2 Å². The SMILES string of the molecule is CC(C)(C)OC(=O)N(Cc1cc(=O)[nH]cc1Cl)C(=O)OC(C)(C)C. The molecule has 0 unspecified atom stereocenters. The fourth-order valence-electron chi connectivity index (χ4n) is 1.63. The molecule has 0 aliphatic rings. The smallest absolute Gasteiger partial charge is 0.420 e. The van der Waals surface area contributed by atoms with E-state index in [2.05, 4.69) is 4.98 Å². The minimum Gasteiger partial charge on any atom is -0.443 e. The number of nitrogens with one attached hydrogen (secondary N) is 1. The summed E-state index contributed by atoms with van der Waals surface area (Å²) in [5.74, 6) is 0. The third kappa shape index (κ3) is 6.62. The molecule has 24 heavy (non-hydrogen) atoms. The number of ether oxygens (including phenoxy) is 2. The van der Waals surface area contributed by atoms with Crippen molar-refractivity contribution in [3.05, 3.63) is 33.2 Å². The Morgan fingerprint density at radius 3 is 1.96 bits per heavy atom. The molecule has 0 fully saturated rings. The van der Waals surface area contributed by atoms with Crippen LogP contribution in [0.25, 0.3) is 0 Å². The molecule has 0 bridgehead atoms. The Morgan fingerprint density at radius 1 is 1.08 bits per heavy atom. The van der Waals surface area contributed by atoms with Crippen molar-refractivity contribution < 1.29 is 19.1 Å². The van der Waals surface area contributed by atoms with Gasteiger partial charge in [0.05, 0.1) is 11.6 Å². The summed E-state index contributed by atoms with van der Waals surface area (Å²) >= 11 is 6.01. The summed E-state index contributed by atoms with van der Waals surface area (Å²) in [4.78, 5) is 39.4. The molecule has 0 radical (unpaired) electrons. The lowest BCUT2D eigenvalue weighted by Gasteiger charge is -2.28. The van der Waals surface area contributed by atoms with Gasteiger partial charge < -0.3 is 14.5 Å². The van der Waals surface area contributed by atoms with Crippen LogP contribution in [0.15, 0.2) is 17.1 Å². The molecule has 1 aromatic rings. The van der Waals surface area contributed by atoms with Gasteiger partial charge in [0.2, 0.25) is 5.56 Å². The summed E-state index contributed by atoms with van der Waals surface area (Å²) in [6, 6.07) is 1.21. The number of carbonyl (C=O) groups excluding carboxylic acids is 2. The Labute approximate surface area is 145 Å². The minimum atomic E-state index is -0.881. The number of amides is 2. The Bertz CT molecular complexity index is 642. The van der Waals surface area contributed by atoms with Crippen LogP contribution in [0.4, 0.5) is 9.59 Å². The predicted octanol–water partition coefficient (Wildman–Crippen LogP) is 3.70.